The SMILES string of the molecule is NC(=O)CCCCNCc1ccc2c(c1)CCO2. The first-order chi connectivity index (χ1) is 8.75. The third-order valence-electron chi connectivity index (χ3n) is 3.11. The van der Waals surface area contributed by atoms with E-state index in [4.69, 9.17) is 10.5 Å². The molecule has 0 saturated carbocycles. The van der Waals surface area contributed by atoms with Crippen molar-refractivity contribution >= 4 is 5.91 Å². The second-order valence-electron chi connectivity index (χ2n) is 4.64. The predicted molar refractivity (Wildman–Crippen MR) is 70.4 cm³/mol. The first-order valence-electron chi connectivity index (χ1n) is 6.49. The number of carbonyl (C=O) groups excluding carboxylic acids is 1. The first kappa shape index (κ1) is 12.9. The molecule has 1 amide bonds. The molecule has 98 valence electrons. The summed E-state index contributed by atoms with van der Waals surface area (Å²) in [4.78, 5) is 10.6. The first-order valence-corrected chi connectivity index (χ1v) is 6.49. The standard InChI is InChI=1S/C14H20N2O2/c15-14(17)3-1-2-7-16-10-11-4-5-13-12(9-11)6-8-18-13/h4-5,9,16H,1-3,6-8,10H2,(H2,15,17). The van der Waals surface area contributed by atoms with Crippen LogP contribution in [-0.4, -0.2) is 19.1 Å². The number of nitrogens with two attached hydrogens (primary N) is 1. The molecule has 0 spiro atoms. The van der Waals surface area contributed by atoms with Crippen molar-refractivity contribution in [2.45, 2.75) is 32.2 Å². The molecule has 18 heavy (non-hydrogen) atoms. The summed E-state index contributed by atoms with van der Waals surface area (Å²) in [5.74, 6) is 0.814. The summed E-state index contributed by atoms with van der Waals surface area (Å²) in [5.41, 5.74) is 7.67. The number of primary amides is 1. The third kappa shape index (κ3) is 3.74. The Morgan fingerprint density at radius 3 is 3.11 bits per heavy atom. The lowest BCUT2D eigenvalue weighted by Crippen LogP contribution is -2.16. The maximum atomic E-state index is 10.6. The van der Waals surface area contributed by atoms with Crippen LogP contribution < -0.4 is 15.8 Å². The average Bonchev–Trinajstić information content (AvgIpc) is 2.80. The van der Waals surface area contributed by atoms with Crippen molar-refractivity contribution in [3.05, 3.63) is 29.3 Å². The van der Waals surface area contributed by atoms with Gasteiger partial charge in [0.2, 0.25) is 5.91 Å². The highest BCUT2D eigenvalue weighted by molar-refractivity contribution is 5.73. The lowest BCUT2D eigenvalue weighted by molar-refractivity contribution is -0.118. The van der Waals surface area contributed by atoms with Crippen molar-refractivity contribution in [1.82, 2.24) is 5.32 Å². The molecule has 0 aliphatic carbocycles. The van der Waals surface area contributed by atoms with Crippen LogP contribution >= 0.6 is 0 Å². The number of fused-ring (bicyclic) bond motifs is 1. The van der Waals surface area contributed by atoms with Gasteiger partial charge >= 0.3 is 0 Å². The van der Waals surface area contributed by atoms with E-state index in [2.05, 4.69) is 17.4 Å². The van der Waals surface area contributed by atoms with Crippen LogP contribution in [0.5, 0.6) is 5.75 Å². The lowest BCUT2D eigenvalue weighted by Gasteiger charge is -2.06. The molecular formula is C14H20N2O2. The number of ether oxygens (including phenoxy) is 1. The summed E-state index contributed by atoms with van der Waals surface area (Å²) in [6, 6.07) is 6.35. The van der Waals surface area contributed by atoms with Gasteiger partial charge in [-0.3, -0.25) is 4.79 Å². The van der Waals surface area contributed by atoms with Crippen molar-refractivity contribution in [1.29, 1.82) is 0 Å². The van der Waals surface area contributed by atoms with Gasteiger partial charge in [-0.1, -0.05) is 12.1 Å². The fourth-order valence-corrected chi connectivity index (χ4v) is 2.13. The number of hydrogen-bond donors (Lipinski definition) is 2. The van der Waals surface area contributed by atoms with Crippen LogP contribution in [0.1, 0.15) is 30.4 Å². The number of unbranched alkanes of at least 4 members (excludes halogenated alkanes) is 1. The molecule has 0 unspecified atom stereocenters. The number of benzene rings is 1. The number of nitrogens with one attached hydrogen (secondary N) is 1. The zero-order valence-corrected chi connectivity index (χ0v) is 10.6. The highest BCUT2D eigenvalue weighted by atomic mass is 16.5. The van der Waals surface area contributed by atoms with E-state index in [1.54, 1.807) is 0 Å². The predicted octanol–water partition coefficient (Wildman–Crippen LogP) is 1.37. The minimum atomic E-state index is -0.214. The van der Waals surface area contributed by atoms with Gasteiger partial charge < -0.3 is 15.8 Å². The highest BCUT2D eigenvalue weighted by Gasteiger charge is 2.11. The van der Waals surface area contributed by atoms with E-state index in [-0.39, 0.29) is 5.91 Å². The Bertz CT molecular complexity index is 418. The lowest BCUT2D eigenvalue weighted by atomic mass is 10.1. The van der Waals surface area contributed by atoms with E-state index in [0.29, 0.717) is 6.42 Å². The van der Waals surface area contributed by atoms with Crippen LogP contribution in [0.4, 0.5) is 0 Å². The molecule has 0 fully saturated rings. The highest BCUT2D eigenvalue weighted by Crippen LogP contribution is 2.25. The smallest absolute Gasteiger partial charge is 0.217 e. The van der Waals surface area contributed by atoms with Crippen LogP contribution in [0.15, 0.2) is 18.2 Å². The van der Waals surface area contributed by atoms with Gasteiger partial charge in [0, 0.05) is 19.4 Å². The summed E-state index contributed by atoms with van der Waals surface area (Å²) in [6.07, 6.45) is 3.34. The van der Waals surface area contributed by atoms with Crippen LogP contribution in [0.3, 0.4) is 0 Å². The van der Waals surface area contributed by atoms with Crippen LogP contribution in [0.25, 0.3) is 0 Å². The fraction of sp³-hybridized carbons (Fsp3) is 0.500. The second kappa shape index (κ2) is 6.40. The minimum Gasteiger partial charge on any atom is -0.493 e. The Morgan fingerprint density at radius 1 is 1.39 bits per heavy atom. The van der Waals surface area contributed by atoms with Crippen molar-refractivity contribution in [3.63, 3.8) is 0 Å². The normalized spacial score (nSPS) is 13.1. The zero-order chi connectivity index (χ0) is 12.8. The zero-order valence-electron chi connectivity index (χ0n) is 10.6. The van der Waals surface area contributed by atoms with Crippen LogP contribution in [0, 0.1) is 0 Å². The van der Waals surface area contributed by atoms with Gasteiger partial charge in [-0.25, -0.2) is 0 Å². The molecule has 2 rings (SSSR count). The molecule has 0 radical (unpaired) electrons. The average molecular weight is 248 g/mol. The van der Waals surface area contributed by atoms with Crippen molar-refractivity contribution in [3.8, 4) is 5.75 Å². The largest absolute Gasteiger partial charge is 0.493 e. The Morgan fingerprint density at radius 2 is 2.28 bits per heavy atom. The van der Waals surface area contributed by atoms with E-state index in [1.807, 2.05) is 6.07 Å². The number of rotatable bonds is 7. The topological polar surface area (TPSA) is 64.4 Å². The quantitative estimate of drug-likeness (QED) is 0.716. The van der Waals surface area contributed by atoms with Crippen LogP contribution in [-0.2, 0) is 17.8 Å². The van der Waals surface area contributed by atoms with Crippen LogP contribution in [0.2, 0.25) is 0 Å². The van der Waals surface area contributed by atoms with Gasteiger partial charge in [0.15, 0.2) is 0 Å². The maximum Gasteiger partial charge on any atom is 0.217 e. The van der Waals surface area contributed by atoms with Gasteiger partial charge in [-0.15, -0.1) is 0 Å². The van der Waals surface area contributed by atoms with E-state index in [9.17, 15) is 4.79 Å². The van der Waals surface area contributed by atoms with Gasteiger partial charge in [0.1, 0.15) is 5.75 Å². The van der Waals surface area contributed by atoms with Gasteiger partial charge in [-0.2, -0.15) is 0 Å². The van der Waals surface area contributed by atoms with Gasteiger partial charge in [0.25, 0.3) is 0 Å². The summed E-state index contributed by atoms with van der Waals surface area (Å²) in [7, 11) is 0. The van der Waals surface area contributed by atoms with Crippen molar-refractivity contribution in [2.24, 2.45) is 5.73 Å². The summed E-state index contributed by atoms with van der Waals surface area (Å²) in [6.45, 7) is 2.59. The van der Waals surface area contributed by atoms with E-state index in [1.165, 1.54) is 11.1 Å². The Balaban J connectivity index is 1.66. The molecule has 0 bridgehead atoms. The molecule has 4 heteroatoms. The van der Waals surface area contributed by atoms with Crippen molar-refractivity contribution in [2.75, 3.05) is 13.2 Å². The minimum absolute atomic E-state index is 0.214. The third-order valence-corrected chi connectivity index (χ3v) is 3.11. The second-order valence-corrected chi connectivity index (χ2v) is 4.64. The van der Waals surface area contributed by atoms with Gasteiger partial charge in [-0.05, 0) is 36.6 Å². The van der Waals surface area contributed by atoms with Crippen molar-refractivity contribution < 1.29 is 9.53 Å². The summed E-state index contributed by atoms with van der Waals surface area (Å²) in [5, 5.41) is 3.37. The van der Waals surface area contributed by atoms with E-state index >= 15 is 0 Å². The number of carbonyl (C=O) groups is 1. The maximum absolute atomic E-state index is 10.6. The molecule has 4 nitrogen and oxygen atoms in total. The molecule has 0 aromatic heterocycles. The molecule has 1 aliphatic rings. The monoisotopic (exact) mass is 248 g/mol. The fourth-order valence-electron chi connectivity index (χ4n) is 2.13. The molecule has 1 heterocycles. The Labute approximate surface area is 108 Å². The van der Waals surface area contributed by atoms with Gasteiger partial charge in [0.05, 0.1) is 6.61 Å². The summed E-state index contributed by atoms with van der Waals surface area (Å²) < 4.78 is 5.47. The molecular weight excluding hydrogens is 228 g/mol. The molecule has 0 atom stereocenters. The molecule has 1 aliphatic heterocycles. The number of amides is 1. The molecule has 1 aromatic carbocycles. The van der Waals surface area contributed by atoms with E-state index < -0.39 is 0 Å². The molecule has 0 saturated heterocycles. The number of hydrogen-bond acceptors (Lipinski definition) is 3. The summed E-state index contributed by atoms with van der Waals surface area (Å²) >= 11 is 0. The Kier molecular flexibility index (Phi) is 4.59. The molecule has 3 N–H and O–H groups in total. The van der Waals surface area contributed by atoms with E-state index in [0.717, 1.165) is 44.7 Å². The Hall–Kier alpha value is -1.55. The molecule has 1 aromatic rings.